The third-order valence-electron chi connectivity index (χ3n) is 4.74. The zero-order valence-electron chi connectivity index (χ0n) is 12.7. The van der Waals surface area contributed by atoms with Gasteiger partial charge in [-0.2, -0.15) is 0 Å². The van der Waals surface area contributed by atoms with Crippen LogP contribution in [0.4, 0.5) is 0 Å². The van der Waals surface area contributed by atoms with Crippen LogP contribution in [0.25, 0.3) is 0 Å². The molecule has 5 heteroatoms. The summed E-state index contributed by atoms with van der Waals surface area (Å²) in [5, 5.41) is 12.6. The van der Waals surface area contributed by atoms with E-state index in [1.165, 1.54) is 0 Å². The Morgan fingerprint density at radius 3 is 2.86 bits per heavy atom. The van der Waals surface area contributed by atoms with Crippen LogP contribution in [0.3, 0.4) is 0 Å². The van der Waals surface area contributed by atoms with Gasteiger partial charge in [-0.3, -0.25) is 4.79 Å². The van der Waals surface area contributed by atoms with Gasteiger partial charge in [0.25, 0.3) is 5.91 Å². The lowest BCUT2D eigenvalue weighted by atomic mass is 9.81. The molecule has 2 aliphatic rings. The summed E-state index contributed by atoms with van der Waals surface area (Å²) in [6, 6.07) is 7.84. The van der Waals surface area contributed by atoms with Crippen LogP contribution in [0.2, 0.25) is 0 Å². The molecule has 0 aromatic heterocycles. The average molecular weight is 305 g/mol. The lowest BCUT2D eigenvalue weighted by Crippen LogP contribution is -2.48. The number of benzene rings is 1. The van der Waals surface area contributed by atoms with Gasteiger partial charge in [0.05, 0.1) is 6.61 Å². The maximum absolute atomic E-state index is 12.4. The maximum atomic E-state index is 12.4. The van der Waals surface area contributed by atoms with Crippen LogP contribution in [-0.2, 0) is 16.0 Å². The second-order valence-electron chi connectivity index (χ2n) is 6.24. The molecule has 1 fully saturated rings. The molecule has 2 heterocycles. The summed E-state index contributed by atoms with van der Waals surface area (Å²) in [5.74, 6) is 0.714. The molecule has 0 aliphatic carbocycles. The number of ether oxygens (including phenoxy) is 2. The van der Waals surface area contributed by atoms with Gasteiger partial charge in [-0.1, -0.05) is 18.2 Å². The third kappa shape index (κ3) is 3.25. The van der Waals surface area contributed by atoms with Crippen molar-refractivity contribution in [2.24, 2.45) is 5.41 Å². The molecule has 1 amide bonds. The van der Waals surface area contributed by atoms with Crippen molar-refractivity contribution in [3.05, 3.63) is 29.8 Å². The van der Waals surface area contributed by atoms with E-state index in [1.54, 1.807) is 0 Å². The molecule has 120 valence electrons. The molecular weight excluding hydrogens is 282 g/mol. The van der Waals surface area contributed by atoms with Gasteiger partial charge in [0, 0.05) is 25.2 Å². The lowest BCUT2D eigenvalue weighted by molar-refractivity contribution is -0.130. The molecule has 0 bridgehead atoms. The highest BCUT2D eigenvalue weighted by molar-refractivity contribution is 5.81. The number of aryl methyl sites for hydroxylation is 1. The smallest absolute Gasteiger partial charge is 0.261 e. The molecule has 2 aliphatic heterocycles. The number of aliphatic hydroxyl groups is 1. The van der Waals surface area contributed by atoms with Crippen LogP contribution < -0.4 is 10.1 Å². The first kappa shape index (κ1) is 15.3. The van der Waals surface area contributed by atoms with Crippen molar-refractivity contribution in [2.45, 2.75) is 31.8 Å². The van der Waals surface area contributed by atoms with E-state index in [0.29, 0.717) is 26.2 Å². The predicted octanol–water partition coefficient (Wildman–Crippen LogP) is 1.29. The number of aliphatic hydroxyl groups excluding tert-OH is 1. The fourth-order valence-electron chi connectivity index (χ4n) is 3.09. The monoisotopic (exact) mass is 305 g/mol. The Morgan fingerprint density at radius 2 is 2.09 bits per heavy atom. The van der Waals surface area contributed by atoms with Crippen LogP contribution in [0.1, 0.15) is 24.8 Å². The number of fused-ring (bicyclic) bond motifs is 1. The molecule has 1 aromatic rings. The van der Waals surface area contributed by atoms with Gasteiger partial charge < -0.3 is 19.9 Å². The predicted molar refractivity (Wildman–Crippen MR) is 81.8 cm³/mol. The van der Waals surface area contributed by atoms with Crippen molar-refractivity contribution in [3.63, 3.8) is 0 Å². The van der Waals surface area contributed by atoms with Gasteiger partial charge in [-0.25, -0.2) is 0 Å². The summed E-state index contributed by atoms with van der Waals surface area (Å²) < 4.78 is 11.1. The molecule has 0 unspecified atom stereocenters. The molecule has 1 aromatic carbocycles. The molecule has 1 saturated heterocycles. The topological polar surface area (TPSA) is 67.8 Å². The minimum absolute atomic E-state index is 0.0744. The van der Waals surface area contributed by atoms with Gasteiger partial charge in [-0.15, -0.1) is 0 Å². The Labute approximate surface area is 130 Å². The van der Waals surface area contributed by atoms with Crippen LogP contribution in [0.5, 0.6) is 5.75 Å². The Kier molecular flexibility index (Phi) is 4.64. The highest BCUT2D eigenvalue weighted by Gasteiger charge is 2.34. The second kappa shape index (κ2) is 6.67. The molecule has 0 saturated carbocycles. The van der Waals surface area contributed by atoms with E-state index in [9.17, 15) is 9.90 Å². The highest BCUT2D eigenvalue weighted by atomic mass is 16.5. The van der Waals surface area contributed by atoms with E-state index >= 15 is 0 Å². The van der Waals surface area contributed by atoms with Gasteiger partial charge in [-0.05, 0) is 37.3 Å². The van der Waals surface area contributed by atoms with E-state index in [1.807, 2.05) is 24.3 Å². The van der Waals surface area contributed by atoms with E-state index in [0.717, 1.165) is 30.6 Å². The Hall–Kier alpha value is -1.59. The van der Waals surface area contributed by atoms with Crippen molar-refractivity contribution < 1.29 is 19.4 Å². The van der Waals surface area contributed by atoms with E-state index in [4.69, 9.17) is 9.47 Å². The number of hydrogen-bond donors (Lipinski definition) is 2. The fourth-order valence-corrected chi connectivity index (χ4v) is 3.09. The standard InChI is InChI=1S/C17H23NO4/c19-12-17(7-9-21-10-8-17)11-18-16(20)15-6-5-13-3-1-2-4-14(13)22-15/h1-4,15,19H,5-12H2,(H,18,20)/t15-/m1/s1. The number of hydrogen-bond acceptors (Lipinski definition) is 4. The average Bonchev–Trinajstić information content (AvgIpc) is 2.60. The SMILES string of the molecule is O=C(NCC1(CO)CCOCC1)[C@H]1CCc2ccccc2O1. The van der Waals surface area contributed by atoms with Crippen molar-refractivity contribution in [1.82, 2.24) is 5.32 Å². The minimum Gasteiger partial charge on any atom is -0.480 e. The number of rotatable bonds is 4. The second-order valence-corrected chi connectivity index (χ2v) is 6.24. The van der Waals surface area contributed by atoms with Crippen LogP contribution >= 0.6 is 0 Å². The molecule has 2 N–H and O–H groups in total. The molecule has 22 heavy (non-hydrogen) atoms. The van der Waals surface area contributed by atoms with Crippen LogP contribution in [0.15, 0.2) is 24.3 Å². The zero-order chi connectivity index (χ0) is 15.4. The lowest BCUT2D eigenvalue weighted by Gasteiger charge is -2.36. The quantitative estimate of drug-likeness (QED) is 0.879. The van der Waals surface area contributed by atoms with Gasteiger partial charge >= 0.3 is 0 Å². The normalized spacial score (nSPS) is 23.2. The van der Waals surface area contributed by atoms with Crippen molar-refractivity contribution in [1.29, 1.82) is 0 Å². The van der Waals surface area contributed by atoms with Crippen molar-refractivity contribution >= 4 is 5.91 Å². The van der Waals surface area contributed by atoms with E-state index < -0.39 is 6.10 Å². The first-order chi connectivity index (χ1) is 10.7. The highest BCUT2D eigenvalue weighted by Crippen LogP contribution is 2.30. The summed E-state index contributed by atoms with van der Waals surface area (Å²) >= 11 is 0. The molecule has 1 atom stereocenters. The summed E-state index contributed by atoms with van der Waals surface area (Å²) in [5.41, 5.74) is 0.906. The Balaban J connectivity index is 1.56. The number of para-hydroxylation sites is 1. The van der Waals surface area contributed by atoms with Crippen LogP contribution in [-0.4, -0.2) is 43.5 Å². The summed E-state index contributed by atoms with van der Waals surface area (Å²) in [7, 11) is 0. The summed E-state index contributed by atoms with van der Waals surface area (Å²) in [6.07, 6.45) is 2.66. The number of carbonyl (C=O) groups is 1. The Morgan fingerprint density at radius 1 is 1.32 bits per heavy atom. The number of amides is 1. The zero-order valence-corrected chi connectivity index (χ0v) is 12.7. The van der Waals surface area contributed by atoms with Crippen LogP contribution in [0, 0.1) is 5.41 Å². The molecular formula is C17H23NO4. The van der Waals surface area contributed by atoms with E-state index in [-0.39, 0.29) is 17.9 Å². The van der Waals surface area contributed by atoms with Gasteiger partial charge in [0.2, 0.25) is 0 Å². The molecule has 0 radical (unpaired) electrons. The van der Waals surface area contributed by atoms with Crippen molar-refractivity contribution in [2.75, 3.05) is 26.4 Å². The molecule has 3 rings (SSSR count). The molecule has 5 nitrogen and oxygen atoms in total. The first-order valence-electron chi connectivity index (χ1n) is 7.93. The fraction of sp³-hybridized carbons (Fsp3) is 0.588. The number of carbonyl (C=O) groups excluding carboxylic acids is 1. The van der Waals surface area contributed by atoms with Crippen molar-refractivity contribution in [3.8, 4) is 5.75 Å². The summed E-state index contributed by atoms with van der Waals surface area (Å²) in [4.78, 5) is 12.4. The minimum atomic E-state index is -0.439. The summed E-state index contributed by atoms with van der Waals surface area (Å²) in [6.45, 7) is 1.84. The molecule has 0 spiro atoms. The number of nitrogens with one attached hydrogen (secondary N) is 1. The third-order valence-corrected chi connectivity index (χ3v) is 4.74. The maximum Gasteiger partial charge on any atom is 0.261 e. The van der Waals surface area contributed by atoms with E-state index in [2.05, 4.69) is 5.32 Å². The Bertz CT molecular complexity index is 525. The largest absolute Gasteiger partial charge is 0.480 e. The van der Waals surface area contributed by atoms with Gasteiger partial charge in [0.1, 0.15) is 5.75 Å². The first-order valence-corrected chi connectivity index (χ1v) is 7.93. The van der Waals surface area contributed by atoms with Gasteiger partial charge in [0.15, 0.2) is 6.10 Å².